The van der Waals surface area contributed by atoms with E-state index in [1.165, 1.54) is 18.5 Å². The summed E-state index contributed by atoms with van der Waals surface area (Å²) in [6, 6.07) is 0. The molecule has 2 heterocycles. The first-order chi connectivity index (χ1) is 7.02. The van der Waals surface area contributed by atoms with Gasteiger partial charge in [-0.3, -0.25) is 4.90 Å². The Kier molecular flexibility index (Phi) is 2.91. The topological polar surface area (TPSA) is 12.5 Å². The van der Waals surface area contributed by atoms with Gasteiger partial charge in [0.25, 0.3) is 0 Å². The van der Waals surface area contributed by atoms with Gasteiger partial charge in [0, 0.05) is 18.6 Å². The fourth-order valence-electron chi connectivity index (χ4n) is 3.14. The Morgan fingerprint density at radius 3 is 3.00 bits per heavy atom. The van der Waals surface area contributed by atoms with E-state index < -0.39 is 0 Å². The van der Waals surface area contributed by atoms with Gasteiger partial charge in [-0.2, -0.15) is 0 Å². The van der Waals surface area contributed by atoms with E-state index in [0.29, 0.717) is 11.6 Å². The summed E-state index contributed by atoms with van der Waals surface area (Å²) in [6.07, 6.45) is 2.76. The number of rotatable bonds is 3. The minimum atomic E-state index is 0.292. The van der Waals surface area contributed by atoms with Gasteiger partial charge in [0.05, 0.1) is 12.7 Å². The Morgan fingerprint density at radius 1 is 1.60 bits per heavy atom. The zero-order chi connectivity index (χ0) is 11.1. The average molecular weight is 209 g/mol. The third-order valence-electron chi connectivity index (χ3n) is 3.61. The van der Waals surface area contributed by atoms with Gasteiger partial charge in [-0.05, 0) is 32.6 Å². The minimum Gasteiger partial charge on any atom is -0.377 e. The van der Waals surface area contributed by atoms with Crippen LogP contribution in [0.1, 0.15) is 33.6 Å². The van der Waals surface area contributed by atoms with Gasteiger partial charge in [-0.15, -0.1) is 0 Å². The van der Waals surface area contributed by atoms with Crippen LogP contribution in [0.15, 0.2) is 12.2 Å². The lowest BCUT2D eigenvalue weighted by Gasteiger charge is -2.32. The summed E-state index contributed by atoms with van der Waals surface area (Å²) in [5, 5.41) is 0. The summed E-state index contributed by atoms with van der Waals surface area (Å²) >= 11 is 0. The molecule has 2 aliphatic heterocycles. The maximum Gasteiger partial charge on any atom is 0.0657 e. The number of hydrogen-bond acceptors (Lipinski definition) is 2. The SMILES string of the molecule is C=C1CN2C[C@H](C)C[C@@]2(COC(C)C)C1. The largest absolute Gasteiger partial charge is 0.377 e. The lowest BCUT2D eigenvalue weighted by atomic mass is 9.90. The molecule has 0 saturated carbocycles. The molecule has 0 N–H and O–H groups in total. The molecule has 2 rings (SSSR count). The normalized spacial score (nSPS) is 36.5. The van der Waals surface area contributed by atoms with Crippen molar-refractivity contribution in [3.63, 3.8) is 0 Å². The van der Waals surface area contributed by atoms with Gasteiger partial charge in [-0.25, -0.2) is 0 Å². The Labute approximate surface area is 93.3 Å². The van der Waals surface area contributed by atoms with Crippen LogP contribution < -0.4 is 0 Å². The second-order valence-corrected chi connectivity index (χ2v) is 5.70. The predicted octanol–water partition coefficient (Wildman–Crippen LogP) is 2.45. The molecule has 0 radical (unpaired) electrons. The van der Waals surface area contributed by atoms with E-state index in [1.54, 1.807) is 0 Å². The first-order valence-corrected chi connectivity index (χ1v) is 6.05. The minimum absolute atomic E-state index is 0.292. The molecule has 2 nitrogen and oxygen atoms in total. The van der Waals surface area contributed by atoms with Crippen molar-refractivity contribution >= 4 is 0 Å². The highest BCUT2D eigenvalue weighted by Crippen LogP contribution is 2.43. The van der Waals surface area contributed by atoms with E-state index in [0.717, 1.165) is 25.5 Å². The molecule has 0 aromatic carbocycles. The van der Waals surface area contributed by atoms with Crippen LogP contribution in [0.25, 0.3) is 0 Å². The number of nitrogens with zero attached hydrogens (tertiary/aromatic N) is 1. The first-order valence-electron chi connectivity index (χ1n) is 6.05. The molecule has 2 heteroatoms. The lowest BCUT2D eigenvalue weighted by Crippen LogP contribution is -2.43. The van der Waals surface area contributed by atoms with Crippen LogP contribution in [0.5, 0.6) is 0 Å². The Morgan fingerprint density at radius 2 is 2.33 bits per heavy atom. The fraction of sp³-hybridized carbons (Fsp3) is 0.846. The second-order valence-electron chi connectivity index (χ2n) is 5.70. The molecule has 86 valence electrons. The number of hydrogen-bond donors (Lipinski definition) is 0. The molecule has 2 saturated heterocycles. The van der Waals surface area contributed by atoms with Gasteiger partial charge in [0.15, 0.2) is 0 Å². The van der Waals surface area contributed by atoms with Crippen molar-refractivity contribution in [1.29, 1.82) is 0 Å². The summed E-state index contributed by atoms with van der Waals surface area (Å²) < 4.78 is 5.84. The standard InChI is InChI=1S/C13H23NO/c1-10(2)15-9-13-5-11(3)7-14(13)8-12(4)6-13/h10,12H,3,5-9H2,1-2,4H3/t12-,13-/m1/s1. The quantitative estimate of drug-likeness (QED) is 0.662. The molecule has 0 unspecified atom stereocenters. The maximum atomic E-state index is 5.84. The molecular weight excluding hydrogens is 186 g/mol. The number of ether oxygens (including phenoxy) is 1. The van der Waals surface area contributed by atoms with Crippen LogP contribution in [-0.2, 0) is 4.74 Å². The number of fused-ring (bicyclic) bond motifs is 1. The zero-order valence-electron chi connectivity index (χ0n) is 10.3. The van der Waals surface area contributed by atoms with E-state index in [9.17, 15) is 0 Å². The van der Waals surface area contributed by atoms with Crippen LogP contribution in [0.3, 0.4) is 0 Å². The van der Waals surface area contributed by atoms with Crippen molar-refractivity contribution in [1.82, 2.24) is 4.90 Å². The van der Waals surface area contributed by atoms with Crippen LogP contribution >= 0.6 is 0 Å². The molecule has 0 aromatic rings. The van der Waals surface area contributed by atoms with Crippen molar-refractivity contribution in [3.05, 3.63) is 12.2 Å². The Hall–Kier alpha value is -0.340. The van der Waals surface area contributed by atoms with E-state index in [1.807, 2.05) is 0 Å². The van der Waals surface area contributed by atoms with Gasteiger partial charge < -0.3 is 4.74 Å². The Bertz CT molecular complexity index is 261. The molecular formula is C13H23NO. The molecule has 2 atom stereocenters. The van der Waals surface area contributed by atoms with Crippen molar-refractivity contribution in [2.75, 3.05) is 19.7 Å². The summed E-state index contributed by atoms with van der Waals surface area (Å²) in [7, 11) is 0. The lowest BCUT2D eigenvalue weighted by molar-refractivity contribution is 0.00310. The van der Waals surface area contributed by atoms with E-state index in [4.69, 9.17) is 4.74 Å². The average Bonchev–Trinajstić information content (AvgIpc) is 2.53. The van der Waals surface area contributed by atoms with Gasteiger partial charge in [-0.1, -0.05) is 19.1 Å². The summed E-state index contributed by atoms with van der Waals surface area (Å²) in [5.74, 6) is 0.814. The molecule has 0 bridgehead atoms. The fourth-order valence-corrected chi connectivity index (χ4v) is 3.14. The second kappa shape index (κ2) is 3.91. The molecule has 0 spiro atoms. The van der Waals surface area contributed by atoms with Crippen LogP contribution in [0.2, 0.25) is 0 Å². The summed E-state index contributed by atoms with van der Waals surface area (Å²) in [6.45, 7) is 13.9. The van der Waals surface area contributed by atoms with Crippen LogP contribution in [-0.4, -0.2) is 36.2 Å². The molecule has 0 aliphatic carbocycles. The highest BCUT2D eigenvalue weighted by molar-refractivity contribution is 5.18. The molecule has 0 aromatic heterocycles. The van der Waals surface area contributed by atoms with E-state index >= 15 is 0 Å². The van der Waals surface area contributed by atoms with E-state index in [2.05, 4.69) is 32.3 Å². The Balaban J connectivity index is 2.05. The van der Waals surface area contributed by atoms with Crippen LogP contribution in [0.4, 0.5) is 0 Å². The van der Waals surface area contributed by atoms with Crippen molar-refractivity contribution in [2.24, 2.45) is 5.92 Å². The van der Waals surface area contributed by atoms with Crippen LogP contribution in [0, 0.1) is 5.92 Å². The molecule has 2 fully saturated rings. The highest BCUT2D eigenvalue weighted by atomic mass is 16.5. The highest BCUT2D eigenvalue weighted by Gasteiger charge is 2.48. The first kappa shape index (κ1) is 11.2. The maximum absolute atomic E-state index is 5.84. The van der Waals surface area contributed by atoms with Gasteiger partial charge in [0.1, 0.15) is 0 Å². The summed E-state index contributed by atoms with van der Waals surface area (Å²) in [5.41, 5.74) is 1.68. The van der Waals surface area contributed by atoms with Crippen molar-refractivity contribution < 1.29 is 4.74 Å². The molecule has 15 heavy (non-hydrogen) atoms. The monoisotopic (exact) mass is 209 g/mol. The molecule has 0 amide bonds. The van der Waals surface area contributed by atoms with Gasteiger partial charge in [0.2, 0.25) is 0 Å². The van der Waals surface area contributed by atoms with Crippen molar-refractivity contribution in [2.45, 2.75) is 45.3 Å². The third kappa shape index (κ3) is 2.11. The van der Waals surface area contributed by atoms with E-state index in [-0.39, 0.29) is 0 Å². The smallest absolute Gasteiger partial charge is 0.0657 e. The predicted molar refractivity (Wildman–Crippen MR) is 62.9 cm³/mol. The van der Waals surface area contributed by atoms with Gasteiger partial charge >= 0.3 is 0 Å². The molecule has 2 aliphatic rings. The third-order valence-corrected chi connectivity index (χ3v) is 3.61. The zero-order valence-corrected chi connectivity index (χ0v) is 10.3. The summed E-state index contributed by atoms with van der Waals surface area (Å²) in [4.78, 5) is 2.59. The van der Waals surface area contributed by atoms with Crippen molar-refractivity contribution in [3.8, 4) is 0 Å².